The molecule has 0 aromatic heterocycles. The summed E-state index contributed by atoms with van der Waals surface area (Å²) in [6, 6.07) is 0. The Morgan fingerprint density at radius 1 is 0.320 bits per heavy atom. The van der Waals surface area contributed by atoms with Crippen LogP contribution >= 0.6 is 0 Å². The lowest BCUT2D eigenvalue weighted by molar-refractivity contribution is -0.870. The first-order valence-electron chi connectivity index (χ1n) is 42.1. The zero-order valence-corrected chi connectivity index (χ0v) is 65.0. The van der Waals surface area contributed by atoms with Gasteiger partial charge in [0.1, 0.15) is 13.2 Å². The van der Waals surface area contributed by atoms with Crippen LogP contribution in [0.1, 0.15) is 412 Å². The quantitative estimate of drug-likeness (QED) is 0.0211. The zero-order valence-electron chi connectivity index (χ0n) is 65.0. The number of carbonyl (C=O) groups is 3. The van der Waals surface area contributed by atoms with Crippen LogP contribution in [0.25, 0.3) is 0 Å². The van der Waals surface area contributed by atoms with Gasteiger partial charge in [0, 0.05) is 12.8 Å². The molecular weight excluding hydrogens is 1200 g/mol. The highest BCUT2D eigenvalue weighted by Gasteiger charge is 2.25. The van der Waals surface area contributed by atoms with Crippen LogP contribution < -0.4 is 0 Å². The van der Waals surface area contributed by atoms with Crippen molar-refractivity contribution in [3.8, 4) is 0 Å². The van der Waals surface area contributed by atoms with Crippen molar-refractivity contribution in [3.05, 3.63) is 72.9 Å². The fourth-order valence-corrected chi connectivity index (χ4v) is 12.6. The minimum absolute atomic E-state index is 0.179. The Labute approximate surface area is 602 Å². The molecule has 2 unspecified atom stereocenters. The first kappa shape index (κ1) is 93.7. The van der Waals surface area contributed by atoms with Gasteiger partial charge in [0.25, 0.3) is 6.29 Å². The summed E-state index contributed by atoms with van der Waals surface area (Å²) in [5, 5.41) is 9.78. The molecule has 566 valence electrons. The van der Waals surface area contributed by atoms with Crippen molar-refractivity contribution in [1.82, 2.24) is 0 Å². The fourth-order valence-electron chi connectivity index (χ4n) is 12.6. The molecule has 0 aromatic rings. The number of likely N-dealkylation sites (N-methyl/N-ethyl adjacent to an activating group) is 1. The lowest BCUT2D eigenvalue weighted by atomic mass is 10.0. The summed E-state index contributed by atoms with van der Waals surface area (Å²) >= 11 is 0. The average Bonchev–Trinajstić information content (AvgIpc) is 2.59. The Kier molecular flexibility index (Phi) is 75.8. The van der Waals surface area contributed by atoms with E-state index in [1.807, 2.05) is 21.1 Å². The number of hydrogen-bond donors (Lipinski definition) is 1. The SMILES string of the molecule is CC/C=C\C/C=C\C/C=C\C/C=C\C/C=C\C/C=C\CCCCCCCCCCCCCCCCC(=O)OC(COC(=O)CCCCCCCCCCCCCCCCCCCCCCCCCCCCCCCCCCCCCCCCC)COC(OCC[N+](C)(C)C)C(=O)O. The maximum absolute atomic E-state index is 13.0. The second kappa shape index (κ2) is 78.4. The Balaban J connectivity index is 3.95. The molecule has 0 saturated carbocycles. The van der Waals surface area contributed by atoms with Crippen LogP contribution in [0.5, 0.6) is 0 Å². The largest absolute Gasteiger partial charge is 0.477 e. The predicted molar refractivity (Wildman–Crippen MR) is 420 cm³/mol. The average molecular weight is 1360 g/mol. The second-order valence-electron chi connectivity index (χ2n) is 29.8. The van der Waals surface area contributed by atoms with E-state index in [2.05, 4.69) is 86.8 Å². The Morgan fingerprint density at radius 2 is 0.588 bits per heavy atom. The van der Waals surface area contributed by atoms with Gasteiger partial charge in [-0.2, -0.15) is 0 Å². The van der Waals surface area contributed by atoms with Gasteiger partial charge >= 0.3 is 17.9 Å². The number of carboxylic acids is 1. The van der Waals surface area contributed by atoms with E-state index in [9.17, 15) is 19.5 Å². The molecule has 0 spiro atoms. The maximum Gasteiger partial charge on any atom is 0.361 e. The summed E-state index contributed by atoms with van der Waals surface area (Å²) in [5.41, 5.74) is 0. The van der Waals surface area contributed by atoms with Crippen LogP contribution in [0.2, 0.25) is 0 Å². The molecule has 0 heterocycles. The Morgan fingerprint density at radius 3 is 0.876 bits per heavy atom. The van der Waals surface area contributed by atoms with Gasteiger partial charge in [0.05, 0.1) is 34.4 Å². The first-order valence-corrected chi connectivity index (χ1v) is 42.1. The molecule has 2 atom stereocenters. The molecule has 0 rings (SSSR count). The number of carboxylic acid groups (broad SMARTS) is 1. The van der Waals surface area contributed by atoms with Gasteiger partial charge in [-0.25, -0.2) is 4.79 Å². The number of aliphatic carboxylic acids is 1. The first-order chi connectivity index (χ1) is 47.6. The van der Waals surface area contributed by atoms with Crippen LogP contribution in [0, 0.1) is 0 Å². The normalized spacial score (nSPS) is 13.0. The van der Waals surface area contributed by atoms with E-state index in [0.717, 1.165) is 77.0 Å². The molecule has 0 aliphatic carbocycles. The molecule has 97 heavy (non-hydrogen) atoms. The summed E-state index contributed by atoms with van der Waals surface area (Å²) in [6.45, 7) is 4.83. The van der Waals surface area contributed by atoms with Gasteiger partial charge in [-0.1, -0.05) is 408 Å². The van der Waals surface area contributed by atoms with Crippen LogP contribution in [-0.4, -0.2) is 87.4 Å². The number of hydrogen-bond acceptors (Lipinski definition) is 7. The van der Waals surface area contributed by atoms with Gasteiger partial charge in [-0.05, 0) is 64.2 Å². The van der Waals surface area contributed by atoms with Gasteiger partial charge in [-0.15, -0.1) is 0 Å². The molecule has 9 heteroatoms. The van der Waals surface area contributed by atoms with E-state index in [1.165, 1.54) is 308 Å². The van der Waals surface area contributed by atoms with Crippen molar-refractivity contribution in [1.29, 1.82) is 0 Å². The number of ether oxygens (including phenoxy) is 4. The number of allylic oxidation sites excluding steroid dienone is 12. The summed E-state index contributed by atoms with van der Waals surface area (Å²) in [6.07, 6.45) is 104. The van der Waals surface area contributed by atoms with Gasteiger partial charge < -0.3 is 28.5 Å². The molecule has 0 amide bonds. The molecule has 0 bridgehead atoms. The third-order valence-electron chi connectivity index (χ3n) is 19.0. The molecule has 0 radical (unpaired) electrons. The summed E-state index contributed by atoms with van der Waals surface area (Å²) in [5.74, 6) is -1.98. The highest BCUT2D eigenvalue weighted by Crippen LogP contribution is 2.20. The smallest absolute Gasteiger partial charge is 0.361 e. The highest BCUT2D eigenvalue weighted by atomic mass is 16.7. The van der Waals surface area contributed by atoms with Crippen molar-refractivity contribution in [2.75, 3.05) is 47.5 Å². The zero-order chi connectivity index (χ0) is 70.4. The molecular formula is C88H162NO8+. The number of nitrogens with zero attached hydrogens (tertiary/aromatic N) is 1. The minimum atomic E-state index is -1.51. The standard InChI is InChI=1S/C88H161NO8/c1-6-8-10-12-14-16-18-20-22-24-26-28-30-32-34-36-38-40-41-42-43-44-45-47-48-50-52-54-56-58-60-62-64-66-68-70-72-74-76-78-85(90)95-82-84(83-96-88(87(92)93)94-81-80-89(3,4)5)97-86(91)79-77-75-73-71-69-67-65-63-61-59-57-55-53-51-49-46-39-37-35-33-31-29-27-25-23-21-19-17-15-13-11-9-7-2/h9,11,15,17,21,23,27,29,33,35,39,46,84,88H,6-8,10,12-14,16,18-20,22,24-26,28,30-32,34,36-38,40-45,47-83H2,1-5H3/p+1/b11-9-,17-15-,23-21-,29-27-,35-33-,46-39-. The summed E-state index contributed by atoms with van der Waals surface area (Å²) in [7, 11) is 5.99. The number of rotatable bonds is 79. The molecule has 0 aromatic carbocycles. The lowest BCUT2D eigenvalue weighted by Gasteiger charge is -2.25. The van der Waals surface area contributed by atoms with E-state index in [1.54, 1.807) is 0 Å². The maximum atomic E-state index is 13.0. The van der Waals surface area contributed by atoms with Crippen molar-refractivity contribution in [2.45, 2.75) is 424 Å². The summed E-state index contributed by atoms with van der Waals surface area (Å²) < 4.78 is 23.1. The van der Waals surface area contributed by atoms with Crippen molar-refractivity contribution in [2.24, 2.45) is 0 Å². The van der Waals surface area contributed by atoms with E-state index in [-0.39, 0.29) is 38.2 Å². The molecule has 0 aliphatic heterocycles. The number of esters is 2. The third kappa shape index (κ3) is 79.9. The van der Waals surface area contributed by atoms with Crippen molar-refractivity contribution < 1.29 is 42.9 Å². The molecule has 0 aliphatic rings. The van der Waals surface area contributed by atoms with Crippen LogP contribution in [-0.2, 0) is 33.3 Å². The topological polar surface area (TPSA) is 108 Å². The van der Waals surface area contributed by atoms with Crippen LogP contribution in [0.3, 0.4) is 0 Å². The molecule has 9 nitrogen and oxygen atoms in total. The van der Waals surface area contributed by atoms with Gasteiger partial charge in [0.15, 0.2) is 6.10 Å². The van der Waals surface area contributed by atoms with E-state index < -0.39 is 18.4 Å². The molecule has 0 saturated heterocycles. The number of carbonyl (C=O) groups excluding carboxylic acids is 2. The predicted octanol–water partition coefficient (Wildman–Crippen LogP) is 27.2. The van der Waals surface area contributed by atoms with Gasteiger partial charge in [0.2, 0.25) is 0 Å². The fraction of sp³-hybridized carbons (Fsp3) is 0.830. The number of unbranched alkanes of at least 4 members (excludes halogenated alkanes) is 52. The van der Waals surface area contributed by atoms with Crippen LogP contribution in [0.4, 0.5) is 0 Å². The van der Waals surface area contributed by atoms with Crippen molar-refractivity contribution in [3.63, 3.8) is 0 Å². The number of quaternary nitrogens is 1. The van der Waals surface area contributed by atoms with Crippen molar-refractivity contribution >= 4 is 17.9 Å². The van der Waals surface area contributed by atoms with Crippen LogP contribution in [0.15, 0.2) is 72.9 Å². The highest BCUT2D eigenvalue weighted by molar-refractivity contribution is 5.71. The Bertz CT molecular complexity index is 1830. The molecule has 1 N–H and O–H groups in total. The molecule has 0 fully saturated rings. The third-order valence-corrected chi connectivity index (χ3v) is 19.0. The van der Waals surface area contributed by atoms with Gasteiger partial charge in [-0.3, -0.25) is 9.59 Å². The van der Waals surface area contributed by atoms with E-state index >= 15 is 0 Å². The lowest BCUT2D eigenvalue weighted by Crippen LogP contribution is -2.40. The second-order valence-corrected chi connectivity index (χ2v) is 29.8. The van der Waals surface area contributed by atoms with E-state index in [0.29, 0.717) is 17.4 Å². The summed E-state index contributed by atoms with van der Waals surface area (Å²) in [4.78, 5) is 37.8. The van der Waals surface area contributed by atoms with E-state index in [4.69, 9.17) is 18.9 Å². The Hall–Kier alpha value is -3.27. The minimum Gasteiger partial charge on any atom is -0.477 e. The monoisotopic (exact) mass is 1360 g/mol.